The van der Waals surface area contributed by atoms with Crippen molar-refractivity contribution in [1.82, 2.24) is 0 Å². The standard InChI is InChI=1S/C18H19NO4S/c1-13-6-3-4-7-14(13)12-24(21,22)19-11-10-16(20)15-8-5-9-17(23-2)18(15)19/h3-9H,10-12H2,1-2H3. The molecular formula is C18H19NO4S. The highest BCUT2D eigenvalue weighted by Gasteiger charge is 2.33. The number of rotatable bonds is 4. The summed E-state index contributed by atoms with van der Waals surface area (Å²) < 4.78 is 32.6. The molecule has 5 nitrogen and oxygen atoms in total. The highest BCUT2D eigenvalue weighted by Crippen LogP contribution is 2.38. The van der Waals surface area contributed by atoms with Crippen molar-refractivity contribution in [1.29, 1.82) is 0 Å². The van der Waals surface area contributed by atoms with E-state index in [0.717, 1.165) is 11.1 Å². The van der Waals surface area contributed by atoms with Crippen molar-refractivity contribution < 1.29 is 17.9 Å². The van der Waals surface area contributed by atoms with Gasteiger partial charge in [0.25, 0.3) is 0 Å². The van der Waals surface area contributed by atoms with Gasteiger partial charge in [0.05, 0.1) is 12.9 Å². The molecular weight excluding hydrogens is 326 g/mol. The Morgan fingerprint density at radius 2 is 1.88 bits per heavy atom. The second-order valence-electron chi connectivity index (χ2n) is 5.78. The molecule has 0 aliphatic carbocycles. The number of hydrogen-bond donors (Lipinski definition) is 0. The number of carbonyl (C=O) groups is 1. The Labute approximate surface area is 141 Å². The van der Waals surface area contributed by atoms with E-state index in [1.165, 1.54) is 11.4 Å². The number of ether oxygens (including phenoxy) is 1. The van der Waals surface area contributed by atoms with Gasteiger partial charge in [-0.3, -0.25) is 9.10 Å². The average Bonchev–Trinajstić information content (AvgIpc) is 2.56. The second kappa shape index (κ2) is 6.28. The van der Waals surface area contributed by atoms with Gasteiger partial charge in [0, 0.05) is 18.5 Å². The van der Waals surface area contributed by atoms with Crippen molar-refractivity contribution in [3.63, 3.8) is 0 Å². The maximum absolute atomic E-state index is 13.0. The molecule has 0 aromatic heterocycles. The molecule has 1 heterocycles. The van der Waals surface area contributed by atoms with Gasteiger partial charge < -0.3 is 4.74 Å². The fourth-order valence-corrected chi connectivity index (χ4v) is 4.65. The average molecular weight is 345 g/mol. The van der Waals surface area contributed by atoms with Crippen molar-refractivity contribution in [2.24, 2.45) is 0 Å². The molecule has 1 aliphatic heterocycles. The molecule has 3 rings (SSSR count). The van der Waals surface area contributed by atoms with E-state index in [1.54, 1.807) is 18.2 Å². The number of sulfonamides is 1. The Morgan fingerprint density at radius 3 is 2.58 bits per heavy atom. The lowest BCUT2D eigenvalue weighted by Gasteiger charge is -2.31. The first-order chi connectivity index (χ1) is 11.4. The number of Topliss-reactive ketones (excluding diaryl/α,β-unsaturated/α-hetero) is 1. The summed E-state index contributed by atoms with van der Waals surface area (Å²) in [4.78, 5) is 12.2. The molecule has 0 unspecified atom stereocenters. The third-order valence-corrected chi connectivity index (χ3v) is 5.96. The van der Waals surface area contributed by atoms with E-state index < -0.39 is 10.0 Å². The van der Waals surface area contributed by atoms with E-state index >= 15 is 0 Å². The molecule has 6 heteroatoms. The molecule has 0 amide bonds. The highest BCUT2D eigenvalue weighted by molar-refractivity contribution is 7.92. The van der Waals surface area contributed by atoms with Crippen LogP contribution >= 0.6 is 0 Å². The zero-order chi connectivity index (χ0) is 17.3. The van der Waals surface area contributed by atoms with Crippen LogP contribution in [0.25, 0.3) is 0 Å². The molecule has 0 atom stereocenters. The topological polar surface area (TPSA) is 63.7 Å². The lowest BCUT2D eigenvalue weighted by Crippen LogP contribution is -2.38. The summed E-state index contributed by atoms with van der Waals surface area (Å²) in [5.74, 6) is 0.228. The molecule has 2 aromatic rings. The Balaban J connectivity index is 2.06. The predicted octanol–water partition coefficient (Wildman–Crippen LogP) is 2.93. The molecule has 0 bridgehead atoms. The van der Waals surface area contributed by atoms with Gasteiger partial charge >= 0.3 is 0 Å². The van der Waals surface area contributed by atoms with Crippen molar-refractivity contribution in [2.45, 2.75) is 19.1 Å². The highest BCUT2D eigenvalue weighted by atomic mass is 32.2. The molecule has 0 saturated carbocycles. The van der Waals surface area contributed by atoms with Gasteiger partial charge in [0.15, 0.2) is 5.78 Å². The van der Waals surface area contributed by atoms with E-state index in [4.69, 9.17) is 4.74 Å². The monoisotopic (exact) mass is 345 g/mol. The van der Waals surface area contributed by atoms with Crippen molar-refractivity contribution in [3.8, 4) is 5.75 Å². The van der Waals surface area contributed by atoms with Crippen LogP contribution in [0.4, 0.5) is 5.69 Å². The number of anilines is 1. The summed E-state index contributed by atoms with van der Waals surface area (Å²) in [6.45, 7) is 2.03. The lowest BCUT2D eigenvalue weighted by molar-refractivity contribution is 0.0981. The fourth-order valence-electron chi connectivity index (χ4n) is 2.94. The third kappa shape index (κ3) is 2.89. The SMILES string of the molecule is COc1cccc2c1N(S(=O)(=O)Cc1ccccc1C)CCC2=O. The van der Waals surface area contributed by atoms with Crippen LogP contribution in [-0.2, 0) is 15.8 Å². The number of nitrogens with zero attached hydrogens (tertiary/aromatic N) is 1. The summed E-state index contributed by atoms with van der Waals surface area (Å²) >= 11 is 0. The fraction of sp³-hybridized carbons (Fsp3) is 0.278. The molecule has 2 aromatic carbocycles. The number of ketones is 1. The number of fused-ring (bicyclic) bond motifs is 1. The minimum Gasteiger partial charge on any atom is -0.495 e. The summed E-state index contributed by atoms with van der Waals surface area (Å²) in [7, 11) is -2.15. The van der Waals surface area contributed by atoms with Crippen molar-refractivity contribution in [2.75, 3.05) is 18.0 Å². The Morgan fingerprint density at radius 1 is 1.12 bits per heavy atom. The molecule has 1 aliphatic rings. The van der Waals surface area contributed by atoms with E-state index in [-0.39, 0.29) is 24.5 Å². The number of para-hydroxylation sites is 1. The molecule has 0 N–H and O–H groups in total. The molecule has 0 radical (unpaired) electrons. The third-order valence-electron chi connectivity index (χ3n) is 4.25. The molecule has 0 spiro atoms. The van der Waals surface area contributed by atoms with Crippen LogP contribution in [0.5, 0.6) is 5.75 Å². The first-order valence-electron chi connectivity index (χ1n) is 7.69. The van der Waals surface area contributed by atoms with Gasteiger partial charge in [-0.05, 0) is 30.2 Å². The zero-order valence-corrected chi connectivity index (χ0v) is 14.5. The number of carbonyl (C=O) groups excluding carboxylic acids is 1. The number of aryl methyl sites for hydroxylation is 1. The zero-order valence-electron chi connectivity index (χ0n) is 13.7. The molecule has 0 fully saturated rings. The smallest absolute Gasteiger partial charge is 0.239 e. The van der Waals surface area contributed by atoms with E-state index in [9.17, 15) is 13.2 Å². The Hall–Kier alpha value is -2.34. The summed E-state index contributed by atoms with van der Waals surface area (Å²) in [5, 5.41) is 0. The van der Waals surface area contributed by atoms with Crippen LogP contribution in [0.1, 0.15) is 27.9 Å². The largest absolute Gasteiger partial charge is 0.495 e. The first-order valence-corrected chi connectivity index (χ1v) is 9.30. The minimum absolute atomic E-state index is 0.0637. The Kier molecular flexibility index (Phi) is 4.32. The second-order valence-corrected chi connectivity index (χ2v) is 7.68. The van der Waals surface area contributed by atoms with Gasteiger partial charge in [-0.25, -0.2) is 8.42 Å². The molecule has 0 saturated heterocycles. The van der Waals surface area contributed by atoms with Crippen molar-refractivity contribution >= 4 is 21.5 Å². The van der Waals surface area contributed by atoms with E-state index in [1.807, 2.05) is 31.2 Å². The minimum atomic E-state index is -3.63. The maximum atomic E-state index is 13.0. The van der Waals surface area contributed by atoms with Gasteiger partial charge in [0.2, 0.25) is 10.0 Å². The lowest BCUT2D eigenvalue weighted by atomic mass is 10.0. The summed E-state index contributed by atoms with van der Waals surface area (Å²) in [5.41, 5.74) is 2.43. The number of benzene rings is 2. The number of methoxy groups -OCH3 is 1. The summed E-state index contributed by atoms with van der Waals surface area (Å²) in [6, 6.07) is 12.4. The summed E-state index contributed by atoms with van der Waals surface area (Å²) in [6.07, 6.45) is 0.174. The van der Waals surface area contributed by atoms with Crippen LogP contribution in [0.3, 0.4) is 0 Å². The molecule has 24 heavy (non-hydrogen) atoms. The van der Waals surface area contributed by atoms with Gasteiger partial charge in [-0.15, -0.1) is 0 Å². The van der Waals surface area contributed by atoms with Crippen LogP contribution in [-0.4, -0.2) is 27.9 Å². The molecule has 126 valence electrons. The van der Waals surface area contributed by atoms with Gasteiger partial charge in [-0.1, -0.05) is 30.3 Å². The predicted molar refractivity (Wildman–Crippen MR) is 93.1 cm³/mol. The van der Waals surface area contributed by atoms with Gasteiger partial charge in [0.1, 0.15) is 11.4 Å². The van der Waals surface area contributed by atoms with Crippen LogP contribution in [0.15, 0.2) is 42.5 Å². The van der Waals surface area contributed by atoms with Gasteiger partial charge in [-0.2, -0.15) is 0 Å². The van der Waals surface area contributed by atoms with E-state index in [0.29, 0.717) is 17.0 Å². The quantitative estimate of drug-likeness (QED) is 0.855. The normalized spacial score (nSPS) is 14.4. The van der Waals surface area contributed by atoms with Crippen LogP contribution < -0.4 is 9.04 Å². The van der Waals surface area contributed by atoms with E-state index in [2.05, 4.69) is 0 Å². The van der Waals surface area contributed by atoms with Crippen LogP contribution in [0, 0.1) is 6.92 Å². The maximum Gasteiger partial charge on any atom is 0.239 e. The Bertz CT molecular complexity index is 890. The number of hydrogen-bond acceptors (Lipinski definition) is 4. The van der Waals surface area contributed by atoms with Crippen molar-refractivity contribution in [3.05, 3.63) is 59.2 Å². The first kappa shape index (κ1) is 16.5. The van der Waals surface area contributed by atoms with Crippen LogP contribution in [0.2, 0.25) is 0 Å².